The number of nitrogens with zero attached hydrogens (tertiary/aromatic N) is 3. The smallest absolute Gasteiger partial charge is 0.194 e. The summed E-state index contributed by atoms with van der Waals surface area (Å²) in [6.07, 6.45) is 1.13. The number of aliphatic hydroxyl groups excluding tert-OH is 1. The number of aromatic nitrogens is 2. The number of aliphatic imine (C=N–C) groups is 1. The first-order valence-electron chi connectivity index (χ1n) is 10.0. The van der Waals surface area contributed by atoms with Gasteiger partial charge in [0.1, 0.15) is 11.6 Å². The average molecular weight is 535 g/mol. The average Bonchev–Trinajstić information content (AvgIpc) is 3.25. The number of halogens is 1. The summed E-state index contributed by atoms with van der Waals surface area (Å²) in [5.41, 5.74) is 2.85. The third kappa shape index (κ3) is 6.96. The first-order chi connectivity index (χ1) is 14.6. The van der Waals surface area contributed by atoms with Crippen molar-refractivity contribution in [3.05, 3.63) is 72.2 Å². The van der Waals surface area contributed by atoms with Gasteiger partial charge in [-0.2, -0.15) is 0 Å². The minimum Gasteiger partial charge on any atom is -0.497 e. The number of guanidine groups is 1. The number of benzene rings is 2. The van der Waals surface area contributed by atoms with Gasteiger partial charge in [-0.25, -0.2) is 4.98 Å². The van der Waals surface area contributed by atoms with Crippen molar-refractivity contribution in [2.75, 3.05) is 27.2 Å². The highest BCUT2D eigenvalue weighted by molar-refractivity contribution is 14.0. The van der Waals surface area contributed by atoms with Crippen LogP contribution < -0.4 is 10.1 Å². The predicted molar refractivity (Wildman–Crippen MR) is 135 cm³/mol. The van der Waals surface area contributed by atoms with Crippen LogP contribution in [0, 0.1) is 0 Å². The highest BCUT2D eigenvalue weighted by Gasteiger charge is 2.12. The molecule has 0 saturated heterocycles. The number of methoxy groups -OCH3 is 1. The van der Waals surface area contributed by atoms with E-state index in [9.17, 15) is 5.11 Å². The molecule has 3 rings (SSSR count). The number of aliphatic hydroxyl groups is 1. The molecule has 1 atom stereocenters. The molecular formula is C23H30IN5O2. The second-order valence-electron chi connectivity index (χ2n) is 6.95. The maximum atomic E-state index is 10.5. The van der Waals surface area contributed by atoms with E-state index in [1.807, 2.05) is 79.7 Å². The molecule has 0 aliphatic rings. The van der Waals surface area contributed by atoms with Crippen molar-refractivity contribution >= 4 is 29.9 Å². The van der Waals surface area contributed by atoms with Crippen molar-refractivity contribution in [2.24, 2.45) is 4.99 Å². The zero-order valence-electron chi connectivity index (χ0n) is 18.1. The van der Waals surface area contributed by atoms with Crippen LogP contribution >= 0.6 is 24.0 Å². The topological polar surface area (TPSA) is 85.8 Å². The van der Waals surface area contributed by atoms with Crippen molar-refractivity contribution in [3.8, 4) is 17.0 Å². The summed E-state index contributed by atoms with van der Waals surface area (Å²) in [6, 6.07) is 17.5. The lowest BCUT2D eigenvalue weighted by Gasteiger charge is -2.21. The molecule has 0 radical (unpaired) electrons. The summed E-state index contributed by atoms with van der Waals surface area (Å²) < 4.78 is 5.23. The van der Waals surface area contributed by atoms with Gasteiger partial charge in [0.15, 0.2) is 5.96 Å². The lowest BCUT2D eigenvalue weighted by Crippen LogP contribution is -2.39. The summed E-state index contributed by atoms with van der Waals surface area (Å²) in [5, 5.41) is 13.8. The summed E-state index contributed by atoms with van der Waals surface area (Å²) >= 11 is 0. The van der Waals surface area contributed by atoms with E-state index in [-0.39, 0.29) is 30.5 Å². The second kappa shape index (κ2) is 12.3. The fourth-order valence-corrected chi connectivity index (χ4v) is 3.10. The largest absolute Gasteiger partial charge is 0.497 e. The van der Waals surface area contributed by atoms with Gasteiger partial charge < -0.3 is 25.0 Å². The number of H-pyrrole nitrogens is 1. The fourth-order valence-electron chi connectivity index (χ4n) is 3.10. The molecule has 31 heavy (non-hydrogen) atoms. The Morgan fingerprint density at radius 2 is 2.00 bits per heavy atom. The van der Waals surface area contributed by atoms with Crippen LogP contribution in [-0.2, 0) is 6.54 Å². The molecular weight excluding hydrogens is 505 g/mol. The first-order valence-corrected chi connectivity index (χ1v) is 10.0. The van der Waals surface area contributed by atoms with Gasteiger partial charge in [0.25, 0.3) is 0 Å². The van der Waals surface area contributed by atoms with Gasteiger partial charge in [0.05, 0.1) is 38.2 Å². The molecule has 0 aliphatic heterocycles. The van der Waals surface area contributed by atoms with Gasteiger partial charge in [-0.05, 0) is 30.2 Å². The molecule has 1 unspecified atom stereocenters. The SMILES string of the molecule is CCNC(=NCC(O)c1cccc(OC)c1)N(C)Cc1ncc(-c2ccccc2)[nH]1.I. The van der Waals surface area contributed by atoms with E-state index in [0.29, 0.717) is 18.3 Å². The monoisotopic (exact) mass is 535 g/mol. The quantitative estimate of drug-likeness (QED) is 0.232. The van der Waals surface area contributed by atoms with Crippen LogP contribution in [0.2, 0.25) is 0 Å². The predicted octanol–water partition coefficient (Wildman–Crippen LogP) is 3.83. The lowest BCUT2D eigenvalue weighted by atomic mass is 10.1. The van der Waals surface area contributed by atoms with Crippen molar-refractivity contribution in [1.82, 2.24) is 20.2 Å². The van der Waals surface area contributed by atoms with E-state index in [1.54, 1.807) is 7.11 Å². The molecule has 0 fully saturated rings. The van der Waals surface area contributed by atoms with Crippen molar-refractivity contribution in [2.45, 2.75) is 19.6 Å². The third-order valence-corrected chi connectivity index (χ3v) is 4.69. The Bertz CT molecular complexity index is 961. The number of ether oxygens (including phenoxy) is 1. The van der Waals surface area contributed by atoms with Crippen molar-refractivity contribution < 1.29 is 9.84 Å². The Kier molecular flexibility index (Phi) is 9.80. The Hall–Kier alpha value is -2.59. The van der Waals surface area contributed by atoms with E-state index in [4.69, 9.17) is 4.74 Å². The molecule has 2 aromatic carbocycles. The number of imidazole rings is 1. The molecule has 1 aromatic heterocycles. The minimum absolute atomic E-state index is 0. The molecule has 166 valence electrons. The normalized spacial score (nSPS) is 12.1. The lowest BCUT2D eigenvalue weighted by molar-refractivity contribution is 0.186. The fraction of sp³-hybridized carbons (Fsp3) is 0.304. The molecule has 7 nitrogen and oxygen atoms in total. The first kappa shape index (κ1) is 24.7. The molecule has 3 N–H and O–H groups in total. The van der Waals surface area contributed by atoms with Crippen LogP contribution in [0.1, 0.15) is 24.4 Å². The van der Waals surface area contributed by atoms with Crippen LogP contribution in [0.4, 0.5) is 0 Å². The van der Waals surface area contributed by atoms with Crippen LogP contribution in [0.5, 0.6) is 5.75 Å². The number of hydrogen-bond acceptors (Lipinski definition) is 4. The number of nitrogens with one attached hydrogen (secondary N) is 2. The minimum atomic E-state index is -0.713. The van der Waals surface area contributed by atoms with Gasteiger partial charge in [0, 0.05) is 13.6 Å². The van der Waals surface area contributed by atoms with Gasteiger partial charge in [-0.15, -0.1) is 24.0 Å². The Morgan fingerprint density at radius 3 is 2.71 bits per heavy atom. The zero-order chi connectivity index (χ0) is 21.3. The van der Waals surface area contributed by atoms with E-state index >= 15 is 0 Å². The molecule has 1 heterocycles. The molecule has 0 spiro atoms. The van der Waals surface area contributed by atoms with Crippen LogP contribution in [0.3, 0.4) is 0 Å². The maximum absolute atomic E-state index is 10.5. The van der Waals surface area contributed by atoms with Crippen LogP contribution in [0.15, 0.2) is 65.8 Å². The van der Waals surface area contributed by atoms with Crippen molar-refractivity contribution in [1.29, 1.82) is 0 Å². The van der Waals surface area contributed by atoms with Gasteiger partial charge in [0.2, 0.25) is 0 Å². The summed E-state index contributed by atoms with van der Waals surface area (Å²) in [7, 11) is 3.56. The summed E-state index contributed by atoms with van der Waals surface area (Å²) in [6.45, 7) is 3.55. The summed E-state index contributed by atoms with van der Waals surface area (Å²) in [5.74, 6) is 2.26. The summed E-state index contributed by atoms with van der Waals surface area (Å²) in [4.78, 5) is 14.4. The van der Waals surface area contributed by atoms with E-state index in [0.717, 1.165) is 29.2 Å². The van der Waals surface area contributed by atoms with Crippen LogP contribution in [0.25, 0.3) is 11.3 Å². The molecule has 0 aliphatic carbocycles. The maximum Gasteiger partial charge on any atom is 0.194 e. The Morgan fingerprint density at radius 1 is 1.23 bits per heavy atom. The van der Waals surface area contributed by atoms with Gasteiger partial charge in [-0.3, -0.25) is 4.99 Å². The van der Waals surface area contributed by atoms with Gasteiger partial charge >= 0.3 is 0 Å². The molecule has 0 bridgehead atoms. The third-order valence-electron chi connectivity index (χ3n) is 4.69. The number of rotatable bonds is 8. The highest BCUT2D eigenvalue weighted by atomic mass is 127. The number of aromatic amines is 1. The van der Waals surface area contributed by atoms with E-state index < -0.39 is 6.10 Å². The molecule has 0 amide bonds. The standard InChI is InChI=1S/C23H29N5O2.HI/c1-4-24-23(26-15-21(29)18-11-8-12-19(13-18)30-3)28(2)16-22-25-14-20(27-22)17-9-6-5-7-10-17;/h5-14,21,29H,4,15-16H2,1-3H3,(H,24,26)(H,25,27);1H. The van der Waals surface area contributed by atoms with Crippen molar-refractivity contribution in [3.63, 3.8) is 0 Å². The number of hydrogen-bond donors (Lipinski definition) is 3. The Labute approximate surface area is 200 Å². The second-order valence-corrected chi connectivity index (χ2v) is 6.95. The van der Waals surface area contributed by atoms with E-state index in [1.165, 1.54) is 0 Å². The molecule has 3 aromatic rings. The van der Waals surface area contributed by atoms with Crippen LogP contribution in [-0.4, -0.2) is 53.2 Å². The highest BCUT2D eigenvalue weighted by Crippen LogP contribution is 2.19. The zero-order valence-corrected chi connectivity index (χ0v) is 20.4. The van der Waals surface area contributed by atoms with Gasteiger partial charge in [-0.1, -0.05) is 42.5 Å². The molecule has 8 heteroatoms. The van der Waals surface area contributed by atoms with E-state index in [2.05, 4.69) is 20.3 Å². The Balaban J connectivity index is 0.00000341. The molecule has 0 saturated carbocycles.